The van der Waals surface area contributed by atoms with Gasteiger partial charge in [0.1, 0.15) is 0 Å². The van der Waals surface area contributed by atoms with Crippen molar-refractivity contribution in [3.8, 4) is 44.5 Å². The first kappa shape index (κ1) is 45.5. The van der Waals surface area contributed by atoms with Gasteiger partial charge in [0.2, 0.25) is 0 Å². The number of fused-ring (bicyclic) bond motifs is 8. The van der Waals surface area contributed by atoms with Gasteiger partial charge in [-0.1, -0.05) is 0 Å². The van der Waals surface area contributed by atoms with Gasteiger partial charge in [0.05, 0.1) is 45.0 Å². The van der Waals surface area contributed by atoms with Crippen LogP contribution in [0, 0.1) is 121 Å². The lowest BCUT2D eigenvalue weighted by Crippen LogP contribution is -2.05. The lowest BCUT2D eigenvalue weighted by atomic mass is 9.99. The maximum atomic E-state index is 16.1. The van der Waals surface area contributed by atoms with Crippen molar-refractivity contribution in [2.45, 2.75) is 27.7 Å². The second-order valence-corrected chi connectivity index (χ2v) is 15.5. The molecule has 4 aromatic carbocycles. The molecule has 2 aliphatic rings. The smallest absolute Gasteiger partial charge is 0.170 e. The molecule has 0 amide bonds. The van der Waals surface area contributed by atoms with Gasteiger partial charge in [-0.2, -0.15) is 0 Å². The number of nitrogens with one attached hydrogen (secondary N) is 2. The van der Waals surface area contributed by atoms with Gasteiger partial charge in [-0.05, 0) is 76.3 Å². The summed E-state index contributed by atoms with van der Waals surface area (Å²) in [6, 6.07) is 3.49. The molecule has 0 unspecified atom stereocenters. The van der Waals surface area contributed by atoms with E-state index in [0.717, 1.165) is 48.6 Å². The SMILES string of the molecule is Cc1c(F)c(F)c(-c2c3nc(c(-c4c(F)c(F)c(C)c(F)c4F)c4ccc([nH]4)c(-c4c(F)c(F)c(C)c(F)c4F)c4nc(c(-c5c(F)c(F)c(C)c(F)c5F)c5ccc2[nH]5)C=C4)C=C3)c(F)c1F. The van der Waals surface area contributed by atoms with Crippen molar-refractivity contribution in [2.24, 2.45) is 0 Å². The number of nitrogens with zero attached hydrogens (tertiary/aromatic N) is 2. The van der Waals surface area contributed by atoms with Crippen LogP contribution in [0.4, 0.5) is 70.2 Å². The van der Waals surface area contributed by atoms with Crippen LogP contribution in [0.2, 0.25) is 0 Å². The summed E-state index contributed by atoms with van der Waals surface area (Å²) in [6.45, 7) is 2.75. The molecule has 0 fully saturated rings. The Hall–Kier alpha value is -7.64. The Labute approximate surface area is 370 Å². The summed E-state index contributed by atoms with van der Waals surface area (Å²) >= 11 is 0. The van der Waals surface area contributed by atoms with E-state index in [1.807, 2.05) is 0 Å². The zero-order valence-electron chi connectivity index (χ0n) is 34.6. The number of hydrogen-bond donors (Lipinski definition) is 2. The van der Waals surface area contributed by atoms with Crippen LogP contribution in [0.15, 0.2) is 24.3 Å². The maximum Gasteiger partial charge on any atom is 0.170 e. The van der Waals surface area contributed by atoms with Gasteiger partial charge in [0, 0.05) is 66.6 Å². The summed E-state index contributed by atoms with van der Waals surface area (Å²) in [4.78, 5) is 13.4. The zero-order chi connectivity index (χ0) is 49.3. The van der Waals surface area contributed by atoms with E-state index >= 15 is 70.2 Å². The quantitative estimate of drug-likeness (QED) is 0.136. The highest BCUT2D eigenvalue weighted by atomic mass is 19.2. The molecule has 2 N–H and O–H groups in total. The molecular formula is C48H22F16N4. The van der Waals surface area contributed by atoms with Crippen LogP contribution in [-0.2, 0) is 0 Å². The van der Waals surface area contributed by atoms with Gasteiger partial charge in [0.15, 0.2) is 93.1 Å². The predicted octanol–water partition coefficient (Wildman–Crippen LogP) is 14.8. The largest absolute Gasteiger partial charge is 0.354 e. The van der Waals surface area contributed by atoms with Crippen LogP contribution in [-0.4, -0.2) is 19.9 Å². The normalized spacial score (nSPS) is 12.3. The molecule has 3 aromatic heterocycles. The highest BCUT2D eigenvalue weighted by Gasteiger charge is 2.33. The number of benzene rings is 4. The number of halogens is 16. The molecule has 0 saturated heterocycles. The van der Waals surface area contributed by atoms with Crippen LogP contribution >= 0.6 is 0 Å². The summed E-state index contributed by atoms with van der Waals surface area (Å²) in [6.07, 6.45) is 3.38. The molecule has 9 rings (SSSR count). The molecular weight excluding hydrogens is 937 g/mol. The summed E-state index contributed by atoms with van der Waals surface area (Å²) < 4.78 is 252. The molecule has 8 bridgehead atoms. The minimum Gasteiger partial charge on any atom is -0.354 e. The van der Waals surface area contributed by atoms with E-state index in [9.17, 15) is 0 Å². The minimum atomic E-state index is -2.05. The summed E-state index contributed by atoms with van der Waals surface area (Å²) in [5, 5.41) is 0. The number of H-pyrrole nitrogens is 2. The highest BCUT2D eigenvalue weighted by Crippen LogP contribution is 2.44. The summed E-state index contributed by atoms with van der Waals surface area (Å²) in [5.41, 5.74) is -20.0. The molecule has 0 saturated carbocycles. The fraction of sp³-hybridized carbons (Fsp3) is 0.0833. The third kappa shape index (κ3) is 6.46. The molecule has 4 nitrogen and oxygen atoms in total. The van der Waals surface area contributed by atoms with Crippen molar-refractivity contribution in [2.75, 3.05) is 0 Å². The first-order chi connectivity index (χ1) is 32.1. The third-order valence-electron chi connectivity index (χ3n) is 11.7. The fourth-order valence-electron chi connectivity index (χ4n) is 8.10. The van der Waals surface area contributed by atoms with E-state index in [4.69, 9.17) is 0 Å². The average molecular weight is 959 g/mol. The van der Waals surface area contributed by atoms with E-state index < -0.39 is 205 Å². The third-order valence-corrected chi connectivity index (χ3v) is 11.7. The van der Waals surface area contributed by atoms with Gasteiger partial charge in [-0.15, -0.1) is 0 Å². The second kappa shape index (κ2) is 16.0. The van der Waals surface area contributed by atoms with E-state index in [-0.39, 0.29) is 0 Å². The summed E-state index contributed by atoms with van der Waals surface area (Å²) in [7, 11) is 0. The van der Waals surface area contributed by atoms with E-state index in [2.05, 4.69) is 19.9 Å². The van der Waals surface area contributed by atoms with Crippen LogP contribution in [0.3, 0.4) is 0 Å². The van der Waals surface area contributed by atoms with Crippen LogP contribution < -0.4 is 0 Å². The van der Waals surface area contributed by atoms with Crippen LogP contribution in [0.25, 0.3) is 90.9 Å². The van der Waals surface area contributed by atoms with E-state index in [1.165, 1.54) is 0 Å². The standard InChI is InChI=1S/C48H22F16N4/c1-13-33(49)41(57)29(42(58)34(13)50)25-17-5-7-19(65-17)26(30-43(59)35(51)14(2)36(52)44(30)60)21-9-11-23(67-21)28(32-47(63)39(55)16(4)40(56)48(32)64)24-12-10-22(68-24)27(20-8-6-18(25)66-20)31-45(61)37(53)15(3)38(54)46(31)62/h5-12,65,68H,1-4H3. The number of aromatic amines is 2. The topological polar surface area (TPSA) is 57.4 Å². The van der Waals surface area contributed by atoms with Crippen LogP contribution in [0.5, 0.6) is 0 Å². The van der Waals surface area contributed by atoms with Gasteiger partial charge in [-0.3, -0.25) is 0 Å². The highest BCUT2D eigenvalue weighted by molar-refractivity contribution is 6.00. The Bertz CT molecular complexity index is 3110. The lowest BCUT2D eigenvalue weighted by molar-refractivity contribution is 0.449. The Morgan fingerprint density at radius 2 is 0.412 bits per heavy atom. The van der Waals surface area contributed by atoms with Crippen molar-refractivity contribution in [1.82, 2.24) is 19.9 Å². The monoisotopic (exact) mass is 958 g/mol. The number of hydrogen-bond acceptors (Lipinski definition) is 2. The Kier molecular flexibility index (Phi) is 10.7. The van der Waals surface area contributed by atoms with Gasteiger partial charge in [-0.25, -0.2) is 80.2 Å². The second-order valence-electron chi connectivity index (χ2n) is 15.5. The molecule has 0 atom stereocenters. The predicted molar refractivity (Wildman–Crippen MR) is 219 cm³/mol. The molecule has 0 spiro atoms. The van der Waals surface area contributed by atoms with Crippen LogP contribution in [0.1, 0.15) is 45.0 Å². The van der Waals surface area contributed by atoms with E-state index in [0.29, 0.717) is 27.7 Å². The van der Waals surface area contributed by atoms with Crippen molar-refractivity contribution >= 4 is 46.4 Å². The Balaban J connectivity index is 1.60. The summed E-state index contributed by atoms with van der Waals surface area (Å²) in [5.74, 6) is -31.9. The molecule has 0 radical (unpaired) electrons. The first-order valence-electron chi connectivity index (χ1n) is 19.6. The minimum absolute atomic E-state index is 0.661. The van der Waals surface area contributed by atoms with Crippen molar-refractivity contribution in [1.29, 1.82) is 0 Å². The van der Waals surface area contributed by atoms with Gasteiger partial charge < -0.3 is 9.97 Å². The molecule has 0 aliphatic carbocycles. The van der Waals surface area contributed by atoms with Crippen molar-refractivity contribution in [3.05, 3.63) is 162 Å². The zero-order valence-corrected chi connectivity index (χ0v) is 34.6. The first-order valence-corrected chi connectivity index (χ1v) is 19.6. The average Bonchev–Trinajstić information content (AvgIpc) is 4.18. The molecule has 7 aromatic rings. The molecule has 2 aliphatic heterocycles. The van der Waals surface area contributed by atoms with Crippen molar-refractivity contribution < 1.29 is 70.2 Å². The van der Waals surface area contributed by atoms with Gasteiger partial charge in [0.25, 0.3) is 0 Å². The molecule has 346 valence electrons. The Morgan fingerprint density at radius 1 is 0.250 bits per heavy atom. The molecule has 68 heavy (non-hydrogen) atoms. The lowest BCUT2D eigenvalue weighted by Gasteiger charge is -2.13. The number of aromatic nitrogens is 4. The molecule has 5 heterocycles. The van der Waals surface area contributed by atoms with E-state index in [1.54, 1.807) is 0 Å². The van der Waals surface area contributed by atoms with Gasteiger partial charge >= 0.3 is 0 Å². The fourth-order valence-corrected chi connectivity index (χ4v) is 8.10. The number of rotatable bonds is 4. The maximum absolute atomic E-state index is 16.1. The molecule has 20 heteroatoms. The van der Waals surface area contributed by atoms with Crippen molar-refractivity contribution in [3.63, 3.8) is 0 Å². The Morgan fingerprint density at radius 3 is 0.574 bits per heavy atom.